The second kappa shape index (κ2) is 2.08. The van der Waals surface area contributed by atoms with Crippen LogP contribution in [0, 0.1) is 0 Å². The van der Waals surface area contributed by atoms with E-state index in [2.05, 4.69) is 4.98 Å². The highest BCUT2D eigenvalue weighted by atomic mass is 16.3. The summed E-state index contributed by atoms with van der Waals surface area (Å²) in [6, 6.07) is 0. The second-order valence-corrected chi connectivity index (χ2v) is 3.36. The van der Waals surface area contributed by atoms with Crippen LogP contribution in [0.1, 0.15) is 18.5 Å². The number of imidazole rings is 1. The number of aryl methyl sites for hydroxylation is 1. The molecule has 0 aromatic carbocycles. The van der Waals surface area contributed by atoms with E-state index < -0.39 is 0 Å². The Labute approximate surface area is 65.7 Å². The monoisotopic (exact) mass is 152 g/mol. The Morgan fingerprint density at radius 1 is 1.73 bits per heavy atom. The molecule has 11 heavy (non-hydrogen) atoms. The van der Waals surface area contributed by atoms with Gasteiger partial charge in [-0.05, 0) is 12.8 Å². The maximum atomic E-state index is 9.07. The average molecular weight is 152 g/mol. The Morgan fingerprint density at radius 2 is 2.45 bits per heavy atom. The fourth-order valence-corrected chi connectivity index (χ4v) is 1.33. The molecule has 3 nitrogen and oxygen atoms in total. The molecule has 3 heteroatoms. The average Bonchev–Trinajstić information content (AvgIpc) is 2.70. The fraction of sp³-hybridized carbons (Fsp3) is 0.625. The Bertz CT molecular complexity index is 263. The maximum absolute atomic E-state index is 9.07. The van der Waals surface area contributed by atoms with Crippen LogP contribution in [-0.4, -0.2) is 21.3 Å². The van der Waals surface area contributed by atoms with Crippen molar-refractivity contribution in [2.45, 2.75) is 18.3 Å². The van der Waals surface area contributed by atoms with Crippen LogP contribution in [0.5, 0.6) is 0 Å². The molecule has 2 rings (SSSR count). The van der Waals surface area contributed by atoms with Gasteiger partial charge in [-0.1, -0.05) is 0 Å². The third kappa shape index (κ3) is 0.959. The number of nitrogens with zero attached hydrogens (tertiary/aromatic N) is 2. The summed E-state index contributed by atoms with van der Waals surface area (Å²) in [6.07, 6.45) is 5.94. The molecule has 0 bridgehead atoms. The smallest absolute Gasteiger partial charge is 0.0947 e. The summed E-state index contributed by atoms with van der Waals surface area (Å²) < 4.78 is 1.92. The van der Waals surface area contributed by atoms with Gasteiger partial charge in [0.2, 0.25) is 0 Å². The lowest BCUT2D eigenvalue weighted by Crippen LogP contribution is -2.11. The Morgan fingerprint density at radius 3 is 2.82 bits per heavy atom. The van der Waals surface area contributed by atoms with Crippen molar-refractivity contribution in [3.63, 3.8) is 0 Å². The zero-order chi connectivity index (χ0) is 7.90. The molecular formula is C8H12N2O. The van der Waals surface area contributed by atoms with Gasteiger partial charge < -0.3 is 9.67 Å². The normalized spacial score (nSPS) is 20.2. The molecule has 0 spiro atoms. The zero-order valence-corrected chi connectivity index (χ0v) is 6.62. The first-order valence-corrected chi connectivity index (χ1v) is 3.86. The molecule has 1 N–H and O–H groups in total. The standard InChI is InChI=1S/C8H12N2O/c1-10-4-7(9-6-10)8(5-11)2-3-8/h4,6,11H,2-3,5H2,1H3. The van der Waals surface area contributed by atoms with Crippen molar-refractivity contribution in [3.8, 4) is 0 Å². The molecule has 0 unspecified atom stereocenters. The van der Waals surface area contributed by atoms with E-state index in [4.69, 9.17) is 5.11 Å². The predicted octanol–water partition coefficient (Wildman–Crippen LogP) is 0.444. The van der Waals surface area contributed by atoms with E-state index in [0.29, 0.717) is 0 Å². The number of hydrogen-bond acceptors (Lipinski definition) is 2. The van der Waals surface area contributed by atoms with Crippen molar-refractivity contribution in [1.82, 2.24) is 9.55 Å². The molecule has 0 amide bonds. The Hall–Kier alpha value is -0.830. The number of hydrogen-bond donors (Lipinski definition) is 1. The summed E-state index contributed by atoms with van der Waals surface area (Å²) in [5.41, 5.74) is 1.07. The SMILES string of the molecule is Cn1cnc(C2(CO)CC2)c1. The van der Waals surface area contributed by atoms with E-state index in [1.54, 1.807) is 6.33 Å². The van der Waals surface area contributed by atoms with Gasteiger partial charge in [-0.15, -0.1) is 0 Å². The molecule has 1 aliphatic carbocycles. The van der Waals surface area contributed by atoms with Crippen molar-refractivity contribution >= 4 is 0 Å². The minimum atomic E-state index is 0.0290. The van der Waals surface area contributed by atoms with Gasteiger partial charge in [0, 0.05) is 18.7 Å². The first-order valence-electron chi connectivity index (χ1n) is 3.86. The zero-order valence-electron chi connectivity index (χ0n) is 6.62. The van der Waals surface area contributed by atoms with E-state index in [1.807, 2.05) is 17.8 Å². The number of aromatic nitrogens is 2. The van der Waals surface area contributed by atoms with E-state index in [9.17, 15) is 0 Å². The predicted molar refractivity (Wildman–Crippen MR) is 41.2 cm³/mol. The quantitative estimate of drug-likeness (QED) is 0.668. The van der Waals surface area contributed by atoms with Crippen molar-refractivity contribution in [2.75, 3.05) is 6.61 Å². The molecule has 60 valence electrons. The van der Waals surface area contributed by atoms with Crippen LogP contribution < -0.4 is 0 Å². The molecule has 1 aromatic heterocycles. The molecule has 0 aliphatic heterocycles. The summed E-state index contributed by atoms with van der Waals surface area (Å²) in [6.45, 7) is 0.240. The summed E-state index contributed by atoms with van der Waals surface area (Å²) in [5, 5.41) is 9.07. The van der Waals surface area contributed by atoms with Gasteiger partial charge in [0.1, 0.15) is 0 Å². The summed E-state index contributed by atoms with van der Waals surface area (Å²) >= 11 is 0. The van der Waals surface area contributed by atoms with Crippen molar-refractivity contribution in [1.29, 1.82) is 0 Å². The van der Waals surface area contributed by atoms with Gasteiger partial charge in [-0.2, -0.15) is 0 Å². The van der Waals surface area contributed by atoms with Crippen LogP contribution in [0.25, 0.3) is 0 Å². The van der Waals surface area contributed by atoms with Crippen molar-refractivity contribution in [2.24, 2.45) is 7.05 Å². The highest BCUT2D eigenvalue weighted by Gasteiger charge is 2.45. The minimum absolute atomic E-state index is 0.0290. The summed E-state index contributed by atoms with van der Waals surface area (Å²) in [5.74, 6) is 0. The largest absolute Gasteiger partial charge is 0.395 e. The molecule has 1 aromatic rings. The van der Waals surface area contributed by atoms with Gasteiger partial charge in [0.25, 0.3) is 0 Å². The molecule has 0 radical (unpaired) electrons. The molecule has 1 saturated carbocycles. The van der Waals surface area contributed by atoms with E-state index in [1.165, 1.54) is 0 Å². The van der Waals surface area contributed by atoms with Crippen LogP contribution in [0.3, 0.4) is 0 Å². The van der Waals surface area contributed by atoms with Crippen molar-refractivity contribution in [3.05, 3.63) is 18.2 Å². The molecule has 1 aliphatic rings. The van der Waals surface area contributed by atoms with Crippen LogP contribution >= 0.6 is 0 Å². The highest BCUT2D eigenvalue weighted by molar-refractivity contribution is 5.22. The third-order valence-corrected chi connectivity index (χ3v) is 2.40. The molecule has 1 fully saturated rings. The summed E-state index contributed by atoms with van der Waals surface area (Å²) in [7, 11) is 1.95. The van der Waals surface area contributed by atoms with Crippen LogP contribution in [0.4, 0.5) is 0 Å². The lowest BCUT2D eigenvalue weighted by molar-refractivity contribution is 0.253. The van der Waals surface area contributed by atoms with E-state index in [0.717, 1.165) is 18.5 Å². The second-order valence-electron chi connectivity index (χ2n) is 3.36. The van der Waals surface area contributed by atoms with E-state index in [-0.39, 0.29) is 12.0 Å². The lowest BCUT2D eigenvalue weighted by atomic mass is 10.1. The number of aliphatic hydroxyl groups excluding tert-OH is 1. The molecular weight excluding hydrogens is 140 g/mol. The fourth-order valence-electron chi connectivity index (χ4n) is 1.33. The number of aliphatic hydroxyl groups is 1. The van der Waals surface area contributed by atoms with Gasteiger partial charge in [0.05, 0.1) is 18.6 Å². The van der Waals surface area contributed by atoms with Crippen LogP contribution in [0.15, 0.2) is 12.5 Å². The van der Waals surface area contributed by atoms with Crippen LogP contribution in [0.2, 0.25) is 0 Å². The van der Waals surface area contributed by atoms with Crippen molar-refractivity contribution < 1.29 is 5.11 Å². The third-order valence-electron chi connectivity index (χ3n) is 2.40. The first kappa shape index (κ1) is 6.85. The Balaban J connectivity index is 2.29. The van der Waals surface area contributed by atoms with E-state index >= 15 is 0 Å². The molecule has 0 saturated heterocycles. The minimum Gasteiger partial charge on any atom is -0.395 e. The lowest BCUT2D eigenvalue weighted by Gasteiger charge is -2.05. The summed E-state index contributed by atoms with van der Waals surface area (Å²) in [4.78, 5) is 4.22. The van der Waals surface area contributed by atoms with Gasteiger partial charge >= 0.3 is 0 Å². The van der Waals surface area contributed by atoms with Crippen LogP contribution in [-0.2, 0) is 12.5 Å². The highest BCUT2D eigenvalue weighted by Crippen LogP contribution is 2.46. The molecule has 0 atom stereocenters. The molecule has 1 heterocycles. The van der Waals surface area contributed by atoms with Gasteiger partial charge in [0.15, 0.2) is 0 Å². The number of rotatable bonds is 2. The Kier molecular flexibility index (Phi) is 1.29. The van der Waals surface area contributed by atoms with Gasteiger partial charge in [-0.25, -0.2) is 4.98 Å². The van der Waals surface area contributed by atoms with Gasteiger partial charge in [-0.3, -0.25) is 0 Å². The maximum Gasteiger partial charge on any atom is 0.0947 e. The first-order chi connectivity index (χ1) is 5.27. The topological polar surface area (TPSA) is 38.0 Å².